The second kappa shape index (κ2) is 7.06. The van der Waals surface area contributed by atoms with Crippen LogP contribution >= 0.6 is 11.6 Å². The van der Waals surface area contributed by atoms with Gasteiger partial charge in [-0.2, -0.15) is 4.98 Å². The van der Waals surface area contributed by atoms with E-state index in [-0.39, 0.29) is 6.10 Å². The third-order valence-corrected chi connectivity index (χ3v) is 3.82. The van der Waals surface area contributed by atoms with Gasteiger partial charge in [-0.1, -0.05) is 24.9 Å². The van der Waals surface area contributed by atoms with Crippen molar-refractivity contribution in [3.05, 3.63) is 17.0 Å². The third-order valence-electron chi connectivity index (χ3n) is 3.63. The van der Waals surface area contributed by atoms with Crippen molar-refractivity contribution in [2.45, 2.75) is 51.7 Å². The van der Waals surface area contributed by atoms with Crippen molar-refractivity contribution in [2.24, 2.45) is 5.92 Å². The molecular formula is C14H21ClN2O2. The molecule has 1 aliphatic rings. The van der Waals surface area contributed by atoms with Gasteiger partial charge in [-0.05, 0) is 31.6 Å². The van der Waals surface area contributed by atoms with Crippen LogP contribution in [-0.4, -0.2) is 23.2 Å². The number of halogens is 1. The molecule has 0 saturated heterocycles. The standard InChI is InChI=1S/C14H21ClN2O2/c1-3-10-6-4-5-7-11(10)19-14-8-12(15)16-13(17-14)9-18-2/h8,10-11H,3-7,9H2,1-2H3. The van der Waals surface area contributed by atoms with Gasteiger partial charge in [0.25, 0.3) is 0 Å². The molecular weight excluding hydrogens is 264 g/mol. The maximum Gasteiger partial charge on any atom is 0.218 e. The molecule has 0 radical (unpaired) electrons. The van der Waals surface area contributed by atoms with Gasteiger partial charge in [0.15, 0.2) is 5.82 Å². The fourth-order valence-electron chi connectivity index (χ4n) is 2.65. The lowest BCUT2D eigenvalue weighted by Crippen LogP contribution is -2.30. The number of hydrogen-bond acceptors (Lipinski definition) is 4. The molecule has 2 rings (SSSR count). The third kappa shape index (κ3) is 4.05. The minimum Gasteiger partial charge on any atom is -0.474 e. The fourth-order valence-corrected chi connectivity index (χ4v) is 2.84. The summed E-state index contributed by atoms with van der Waals surface area (Å²) in [5, 5.41) is 0.404. The van der Waals surface area contributed by atoms with Crippen molar-refractivity contribution >= 4 is 11.6 Å². The van der Waals surface area contributed by atoms with Gasteiger partial charge < -0.3 is 9.47 Å². The SMILES string of the molecule is CCC1CCCCC1Oc1cc(Cl)nc(COC)n1. The van der Waals surface area contributed by atoms with Crippen LogP contribution in [0.3, 0.4) is 0 Å². The molecule has 1 saturated carbocycles. The van der Waals surface area contributed by atoms with Crippen molar-refractivity contribution < 1.29 is 9.47 Å². The van der Waals surface area contributed by atoms with Crippen LogP contribution < -0.4 is 4.74 Å². The largest absolute Gasteiger partial charge is 0.474 e. The Morgan fingerprint density at radius 1 is 1.32 bits per heavy atom. The number of ether oxygens (including phenoxy) is 2. The highest BCUT2D eigenvalue weighted by Crippen LogP contribution is 2.30. The van der Waals surface area contributed by atoms with Gasteiger partial charge in [0.2, 0.25) is 5.88 Å². The molecule has 1 heterocycles. The molecule has 1 fully saturated rings. The van der Waals surface area contributed by atoms with Crippen molar-refractivity contribution in [1.29, 1.82) is 0 Å². The molecule has 1 aromatic rings. The van der Waals surface area contributed by atoms with Gasteiger partial charge in [0.1, 0.15) is 17.9 Å². The minimum atomic E-state index is 0.250. The first kappa shape index (κ1) is 14.5. The molecule has 0 aliphatic heterocycles. The van der Waals surface area contributed by atoms with E-state index in [0.29, 0.717) is 29.4 Å². The Kier molecular flexibility index (Phi) is 5.40. The molecule has 19 heavy (non-hydrogen) atoms. The second-order valence-electron chi connectivity index (χ2n) is 4.99. The van der Waals surface area contributed by atoms with E-state index in [9.17, 15) is 0 Å². The summed E-state index contributed by atoms with van der Waals surface area (Å²) in [5.74, 6) is 1.75. The normalized spacial score (nSPS) is 23.3. The van der Waals surface area contributed by atoms with Crippen LogP contribution in [0.1, 0.15) is 44.9 Å². The zero-order valence-corrected chi connectivity index (χ0v) is 12.3. The average Bonchev–Trinajstić information content (AvgIpc) is 2.39. The monoisotopic (exact) mass is 284 g/mol. The quantitative estimate of drug-likeness (QED) is 0.775. The number of methoxy groups -OCH3 is 1. The zero-order chi connectivity index (χ0) is 13.7. The van der Waals surface area contributed by atoms with Crippen LogP contribution in [0, 0.1) is 5.92 Å². The Hall–Kier alpha value is -0.870. The predicted molar refractivity (Wildman–Crippen MR) is 74.4 cm³/mol. The van der Waals surface area contributed by atoms with Crippen LogP contribution in [0.25, 0.3) is 0 Å². The molecule has 1 aromatic heterocycles. The highest BCUT2D eigenvalue weighted by molar-refractivity contribution is 6.29. The minimum absolute atomic E-state index is 0.250. The number of hydrogen-bond donors (Lipinski definition) is 0. The molecule has 0 bridgehead atoms. The van der Waals surface area contributed by atoms with Crippen molar-refractivity contribution in [1.82, 2.24) is 9.97 Å². The summed E-state index contributed by atoms with van der Waals surface area (Å²) in [6.07, 6.45) is 6.27. The smallest absolute Gasteiger partial charge is 0.218 e. The van der Waals surface area contributed by atoms with Crippen molar-refractivity contribution in [2.75, 3.05) is 7.11 Å². The van der Waals surface area contributed by atoms with E-state index in [0.717, 1.165) is 12.8 Å². The molecule has 1 aliphatic carbocycles. The van der Waals surface area contributed by atoms with Crippen molar-refractivity contribution in [3.8, 4) is 5.88 Å². The van der Waals surface area contributed by atoms with Crippen LogP contribution in [0.2, 0.25) is 5.15 Å². The topological polar surface area (TPSA) is 44.2 Å². The van der Waals surface area contributed by atoms with E-state index in [4.69, 9.17) is 21.1 Å². The van der Waals surface area contributed by atoms with Crippen LogP contribution in [0.5, 0.6) is 5.88 Å². The predicted octanol–water partition coefficient (Wildman–Crippen LogP) is 3.62. The van der Waals surface area contributed by atoms with Gasteiger partial charge >= 0.3 is 0 Å². The molecule has 0 spiro atoms. The van der Waals surface area contributed by atoms with E-state index in [2.05, 4.69) is 16.9 Å². The van der Waals surface area contributed by atoms with E-state index in [1.165, 1.54) is 19.3 Å². The molecule has 5 heteroatoms. The summed E-state index contributed by atoms with van der Waals surface area (Å²) >= 11 is 5.99. The number of rotatable bonds is 5. The summed E-state index contributed by atoms with van der Waals surface area (Å²) < 4.78 is 11.1. The van der Waals surface area contributed by atoms with E-state index >= 15 is 0 Å². The lowest BCUT2D eigenvalue weighted by Gasteiger charge is -2.30. The first-order valence-corrected chi connectivity index (χ1v) is 7.29. The summed E-state index contributed by atoms with van der Waals surface area (Å²) in [5.41, 5.74) is 0. The second-order valence-corrected chi connectivity index (χ2v) is 5.37. The van der Waals surface area contributed by atoms with Crippen molar-refractivity contribution in [3.63, 3.8) is 0 Å². The van der Waals surface area contributed by atoms with Crippen LogP contribution in [0.15, 0.2) is 6.07 Å². The highest BCUT2D eigenvalue weighted by atomic mass is 35.5. The molecule has 106 valence electrons. The summed E-state index contributed by atoms with van der Waals surface area (Å²) in [6.45, 7) is 2.56. The first-order valence-electron chi connectivity index (χ1n) is 6.92. The van der Waals surface area contributed by atoms with E-state index in [1.54, 1.807) is 13.2 Å². The Labute approximate surface area is 119 Å². The number of nitrogens with zero attached hydrogens (tertiary/aromatic N) is 2. The molecule has 2 atom stereocenters. The number of aromatic nitrogens is 2. The van der Waals surface area contributed by atoms with Gasteiger partial charge in [-0.3, -0.25) is 0 Å². The lowest BCUT2D eigenvalue weighted by molar-refractivity contribution is 0.0846. The molecule has 2 unspecified atom stereocenters. The molecule has 0 aromatic carbocycles. The highest BCUT2D eigenvalue weighted by Gasteiger charge is 2.25. The fraction of sp³-hybridized carbons (Fsp3) is 0.714. The van der Waals surface area contributed by atoms with Gasteiger partial charge in [-0.15, -0.1) is 0 Å². The first-order chi connectivity index (χ1) is 9.22. The maximum absolute atomic E-state index is 6.04. The Morgan fingerprint density at radius 2 is 2.11 bits per heavy atom. The van der Waals surface area contributed by atoms with E-state index < -0.39 is 0 Å². The van der Waals surface area contributed by atoms with Gasteiger partial charge in [0, 0.05) is 13.2 Å². The molecule has 4 nitrogen and oxygen atoms in total. The summed E-state index contributed by atoms with van der Waals surface area (Å²) in [6, 6.07) is 1.68. The Morgan fingerprint density at radius 3 is 2.84 bits per heavy atom. The van der Waals surface area contributed by atoms with E-state index in [1.807, 2.05) is 0 Å². The zero-order valence-electron chi connectivity index (χ0n) is 11.6. The van der Waals surface area contributed by atoms with Crippen LogP contribution in [-0.2, 0) is 11.3 Å². The Bertz CT molecular complexity index is 414. The Balaban J connectivity index is 2.08. The average molecular weight is 285 g/mol. The van der Waals surface area contributed by atoms with Gasteiger partial charge in [-0.25, -0.2) is 4.98 Å². The van der Waals surface area contributed by atoms with Crippen LogP contribution in [0.4, 0.5) is 0 Å². The lowest BCUT2D eigenvalue weighted by atomic mass is 9.85. The summed E-state index contributed by atoms with van der Waals surface area (Å²) in [7, 11) is 1.61. The summed E-state index contributed by atoms with van der Waals surface area (Å²) in [4.78, 5) is 8.45. The molecule has 0 N–H and O–H groups in total. The van der Waals surface area contributed by atoms with Gasteiger partial charge in [0.05, 0.1) is 0 Å². The maximum atomic E-state index is 6.04. The molecule has 0 amide bonds.